The zero-order valence-electron chi connectivity index (χ0n) is 35.1. The molecule has 0 aliphatic rings. The first-order valence-electron chi connectivity index (χ1n) is 21.2. The van der Waals surface area contributed by atoms with Gasteiger partial charge in [0.25, 0.3) is 0 Å². The lowest BCUT2D eigenvalue weighted by Gasteiger charge is -2.20. The number of aromatic nitrogens is 2. The first kappa shape index (κ1) is 38.5. The van der Waals surface area contributed by atoms with Crippen molar-refractivity contribution in [2.75, 3.05) is 0 Å². The summed E-state index contributed by atoms with van der Waals surface area (Å²) in [6.07, 6.45) is 0. The number of hydrogen-bond donors (Lipinski definition) is 0. The average Bonchev–Trinajstić information content (AvgIpc) is 3.88. The Morgan fingerprint density at radius 3 is 1.35 bits per heavy atom. The lowest BCUT2D eigenvalue weighted by molar-refractivity contribution is 1.16. The fourth-order valence-corrected chi connectivity index (χ4v) is 9.47. The number of rotatable bonds is 6. The van der Waals surface area contributed by atoms with Crippen molar-refractivity contribution in [3.05, 3.63) is 222 Å². The highest BCUT2D eigenvalue weighted by atomic mass is 15.0. The van der Waals surface area contributed by atoms with E-state index in [0.29, 0.717) is 22.4 Å². The molecule has 0 amide bonds. The topological polar surface area (TPSA) is 85.6 Å². The Kier molecular flexibility index (Phi) is 9.15. The van der Waals surface area contributed by atoms with Gasteiger partial charge in [-0.15, -0.1) is 0 Å². The largest absolute Gasteiger partial charge is 0.309 e. The number of nitrogens with zero attached hydrogens (tertiary/aromatic N) is 6. The molecule has 0 fully saturated rings. The van der Waals surface area contributed by atoms with Crippen LogP contribution in [0.15, 0.2) is 188 Å². The Bertz CT molecular complexity index is 3930. The third-order valence-electron chi connectivity index (χ3n) is 12.6. The third-order valence-corrected chi connectivity index (χ3v) is 12.6. The van der Waals surface area contributed by atoms with E-state index in [-0.39, 0.29) is 0 Å². The molecule has 11 aromatic rings. The van der Waals surface area contributed by atoms with E-state index in [4.69, 9.17) is 6.57 Å². The minimum Gasteiger partial charge on any atom is -0.309 e. The van der Waals surface area contributed by atoms with Gasteiger partial charge in [0.1, 0.15) is 0 Å². The number of fused-ring (bicyclic) bond motifs is 6. The van der Waals surface area contributed by atoms with Crippen LogP contribution < -0.4 is 0 Å². The summed E-state index contributed by atoms with van der Waals surface area (Å²) < 4.78 is 4.63. The molecule has 6 nitrogen and oxygen atoms in total. The summed E-state index contributed by atoms with van der Waals surface area (Å²) in [7, 11) is 0. The Morgan fingerprint density at radius 2 is 0.815 bits per heavy atom. The maximum absolute atomic E-state index is 10.4. The zero-order valence-corrected chi connectivity index (χ0v) is 35.1. The third kappa shape index (κ3) is 6.39. The molecule has 6 heteroatoms. The van der Waals surface area contributed by atoms with Gasteiger partial charge in [0, 0.05) is 32.7 Å². The van der Waals surface area contributed by atoms with Gasteiger partial charge in [-0.1, -0.05) is 109 Å². The van der Waals surface area contributed by atoms with Crippen LogP contribution in [0.3, 0.4) is 0 Å². The molecule has 65 heavy (non-hydrogen) atoms. The molecular formula is C59H34N6. The van der Waals surface area contributed by atoms with E-state index >= 15 is 0 Å². The second kappa shape index (κ2) is 15.5. The summed E-state index contributed by atoms with van der Waals surface area (Å²) in [6.45, 7) is 9.51. The highest BCUT2D eigenvalue weighted by molar-refractivity contribution is 6.13. The maximum Gasteiger partial charge on any atom is 0.187 e. The van der Waals surface area contributed by atoms with E-state index in [2.05, 4.69) is 141 Å². The lowest BCUT2D eigenvalue weighted by atomic mass is 9.93. The fourth-order valence-electron chi connectivity index (χ4n) is 9.47. The molecular weight excluding hydrogens is 793 g/mol. The predicted octanol–water partition coefficient (Wildman–Crippen LogP) is 15.0. The summed E-state index contributed by atoms with van der Waals surface area (Å²) in [5.41, 5.74) is 17.4. The number of para-hydroxylation sites is 2. The quantitative estimate of drug-likeness (QED) is 0.156. The van der Waals surface area contributed by atoms with Gasteiger partial charge in [0.15, 0.2) is 5.69 Å². The highest BCUT2D eigenvalue weighted by Gasteiger charge is 2.22. The van der Waals surface area contributed by atoms with Crippen LogP contribution in [0.2, 0.25) is 0 Å². The van der Waals surface area contributed by atoms with Gasteiger partial charge in [-0.25, -0.2) is 4.85 Å². The summed E-state index contributed by atoms with van der Waals surface area (Å²) in [5, 5.41) is 34.0. The molecule has 9 aromatic carbocycles. The first-order valence-corrected chi connectivity index (χ1v) is 21.2. The molecule has 0 saturated heterocycles. The van der Waals surface area contributed by atoms with Crippen molar-refractivity contribution in [2.24, 2.45) is 0 Å². The molecule has 300 valence electrons. The molecule has 0 aliphatic heterocycles. The summed E-state index contributed by atoms with van der Waals surface area (Å²) >= 11 is 0. The van der Waals surface area contributed by atoms with Crippen LogP contribution in [-0.2, 0) is 0 Å². The lowest BCUT2D eigenvalue weighted by Crippen LogP contribution is -2.03. The van der Waals surface area contributed by atoms with Crippen LogP contribution in [0.1, 0.15) is 22.3 Å². The van der Waals surface area contributed by atoms with Crippen molar-refractivity contribution >= 4 is 49.3 Å². The number of nitriles is 3. The minimum atomic E-state index is 0.545. The molecule has 0 spiro atoms. The summed E-state index contributed by atoms with van der Waals surface area (Å²) in [6, 6.07) is 70.7. The minimum absolute atomic E-state index is 0.545. The number of aryl methyl sites for hydroxylation is 1. The van der Waals surface area contributed by atoms with Crippen molar-refractivity contribution in [1.82, 2.24) is 9.13 Å². The van der Waals surface area contributed by atoms with Crippen molar-refractivity contribution in [3.8, 4) is 74.1 Å². The van der Waals surface area contributed by atoms with Gasteiger partial charge in [-0.3, -0.25) is 0 Å². The summed E-state index contributed by atoms with van der Waals surface area (Å²) in [4.78, 5) is 3.60. The SMILES string of the molecule is [C-]#[N+]c1ccc(-c2ccc3c(c2)c2ccccc2n3-c2cc(-c3ccc(C#N)cc3C)ccc2-c2ccc(C#N)cc2-n2c3ccccc3c3cc(-c4ccc(C#N)cc4)ccc32)cc1. The Balaban J connectivity index is 1.19. The van der Waals surface area contributed by atoms with Crippen molar-refractivity contribution in [3.63, 3.8) is 0 Å². The second-order valence-corrected chi connectivity index (χ2v) is 16.2. The zero-order chi connectivity index (χ0) is 44.2. The molecule has 0 N–H and O–H groups in total. The van der Waals surface area contributed by atoms with Gasteiger partial charge in [0.05, 0.1) is 74.9 Å². The molecule has 2 aromatic heterocycles. The Labute approximate surface area is 375 Å². The highest BCUT2D eigenvalue weighted by Crippen LogP contribution is 2.44. The smallest absolute Gasteiger partial charge is 0.187 e. The van der Waals surface area contributed by atoms with E-state index in [1.165, 1.54) is 0 Å². The molecule has 0 bridgehead atoms. The van der Waals surface area contributed by atoms with E-state index in [1.807, 2.05) is 85.8 Å². The van der Waals surface area contributed by atoms with Crippen LogP contribution in [0.25, 0.3) is 104 Å². The van der Waals surface area contributed by atoms with Gasteiger partial charge in [-0.2, -0.15) is 15.8 Å². The van der Waals surface area contributed by atoms with Gasteiger partial charge in [-0.05, 0) is 125 Å². The van der Waals surface area contributed by atoms with Crippen LogP contribution >= 0.6 is 0 Å². The van der Waals surface area contributed by atoms with Gasteiger partial charge in [0.2, 0.25) is 0 Å². The molecule has 0 unspecified atom stereocenters. The molecule has 0 aliphatic carbocycles. The van der Waals surface area contributed by atoms with E-state index in [1.54, 1.807) is 0 Å². The van der Waals surface area contributed by atoms with Crippen LogP contribution in [-0.4, -0.2) is 9.13 Å². The molecule has 0 saturated carbocycles. The predicted molar refractivity (Wildman–Crippen MR) is 262 cm³/mol. The van der Waals surface area contributed by atoms with E-state index < -0.39 is 0 Å². The van der Waals surface area contributed by atoms with Crippen molar-refractivity contribution < 1.29 is 0 Å². The Morgan fingerprint density at radius 1 is 0.385 bits per heavy atom. The van der Waals surface area contributed by atoms with Gasteiger partial charge < -0.3 is 9.13 Å². The Hall–Kier alpha value is -9.46. The van der Waals surface area contributed by atoms with Crippen molar-refractivity contribution in [1.29, 1.82) is 15.8 Å². The second-order valence-electron chi connectivity index (χ2n) is 16.2. The average molecular weight is 827 g/mol. The molecule has 2 heterocycles. The van der Waals surface area contributed by atoms with Crippen molar-refractivity contribution in [2.45, 2.75) is 6.92 Å². The van der Waals surface area contributed by atoms with Crippen LogP contribution in [0, 0.1) is 47.5 Å². The van der Waals surface area contributed by atoms with Crippen LogP contribution in [0.4, 0.5) is 5.69 Å². The molecule has 11 rings (SSSR count). The van der Waals surface area contributed by atoms with Gasteiger partial charge >= 0.3 is 0 Å². The number of benzene rings is 9. The monoisotopic (exact) mass is 826 g/mol. The van der Waals surface area contributed by atoms with E-state index in [0.717, 1.165) is 105 Å². The number of hydrogen-bond acceptors (Lipinski definition) is 3. The molecule has 0 atom stereocenters. The van der Waals surface area contributed by atoms with E-state index in [9.17, 15) is 15.8 Å². The van der Waals surface area contributed by atoms with Crippen LogP contribution in [0.5, 0.6) is 0 Å². The normalized spacial score (nSPS) is 11.1. The fraction of sp³-hybridized carbons (Fsp3) is 0.0169. The maximum atomic E-state index is 10.4. The molecule has 0 radical (unpaired) electrons. The summed E-state index contributed by atoms with van der Waals surface area (Å²) in [5.74, 6) is 0. The first-order chi connectivity index (χ1) is 31.9. The standard InChI is InChI=1S/C59H34N6/c1-37-29-39(35-61)13-24-47(37)45-19-26-51(59(33-45)65-55-10-6-4-8-49(55)53-32-44(21-28-57(53)65)42-17-22-46(63-2)23-18-42)50-25-14-40(36-62)30-58(50)64-54-9-5-3-7-48(54)52-31-43(20-27-56(52)64)41-15-11-38(34-60)12-16-41/h3-33H,1H3.